The number of hydrogen-bond acceptors (Lipinski definition) is 4. The number of hydrogen-bond donors (Lipinski definition) is 1. The number of urea groups is 1. The van der Waals surface area contributed by atoms with Crippen molar-refractivity contribution in [3.05, 3.63) is 53.9 Å². The summed E-state index contributed by atoms with van der Waals surface area (Å²) in [6, 6.07) is 4.89. The summed E-state index contributed by atoms with van der Waals surface area (Å²) in [5, 5.41) is 7.13. The summed E-state index contributed by atoms with van der Waals surface area (Å²) in [6.45, 7) is 4.25. The highest BCUT2D eigenvalue weighted by Gasteiger charge is 2.31. The molecular formula is C21H22F2N6O. The number of benzene rings is 1. The fraction of sp³-hybridized carbons (Fsp3) is 0.381. The van der Waals surface area contributed by atoms with E-state index in [4.69, 9.17) is 4.98 Å². The summed E-state index contributed by atoms with van der Waals surface area (Å²) in [7, 11) is 0. The normalized spacial score (nSPS) is 19.4. The van der Waals surface area contributed by atoms with Gasteiger partial charge in [0.25, 0.3) is 0 Å². The van der Waals surface area contributed by atoms with E-state index in [1.165, 1.54) is 12.1 Å². The zero-order chi connectivity index (χ0) is 20.8. The molecule has 1 atom stereocenters. The Labute approximate surface area is 172 Å². The molecule has 0 aliphatic carbocycles. The van der Waals surface area contributed by atoms with Crippen molar-refractivity contribution in [1.29, 1.82) is 0 Å². The van der Waals surface area contributed by atoms with Crippen molar-refractivity contribution in [1.82, 2.24) is 19.5 Å². The van der Waals surface area contributed by atoms with Gasteiger partial charge in [-0.1, -0.05) is 6.92 Å². The van der Waals surface area contributed by atoms with Crippen LogP contribution in [0.1, 0.15) is 31.4 Å². The third kappa shape index (κ3) is 3.24. The number of amides is 2. The lowest BCUT2D eigenvalue weighted by Gasteiger charge is -2.36. The van der Waals surface area contributed by atoms with Gasteiger partial charge in [-0.25, -0.2) is 23.1 Å². The molecule has 0 radical (unpaired) electrons. The van der Waals surface area contributed by atoms with Gasteiger partial charge in [-0.05, 0) is 43.0 Å². The van der Waals surface area contributed by atoms with Gasteiger partial charge in [-0.15, -0.1) is 0 Å². The van der Waals surface area contributed by atoms with Gasteiger partial charge in [0.05, 0.1) is 12.2 Å². The number of halogens is 2. The second-order valence-corrected chi connectivity index (χ2v) is 8.07. The van der Waals surface area contributed by atoms with E-state index in [2.05, 4.69) is 17.3 Å². The molecule has 156 valence electrons. The summed E-state index contributed by atoms with van der Waals surface area (Å²) in [5.74, 6) is 0.278. The average molecular weight is 412 g/mol. The highest BCUT2D eigenvalue weighted by atomic mass is 19.1. The number of carbonyl (C=O) groups is 1. The van der Waals surface area contributed by atoms with E-state index in [1.807, 2.05) is 4.90 Å². The molecule has 7 nitrogen and oxygen atoms in total. The van der Waals surface area contributed by atoms with Crippen molar-refractivity contribution < 1.29 is 13.6 Å². The van der Waals surface area contributed by atoms with E-state index in [0.29, 0.717) is 41.6 Å². The van der Waals surface area contributed by atoms with Gasteiger partial charge in [0.2, 0.25) is 0 Å². The van der Waals surface area contributed by atoms with Crippen LogP contribution in [0, 0.1) is 17.6 Å². The third-order valence-corrected chi connectivity index (χ3v) is 5.81. The van der Waals surface area contributed by atoms with Gasteiger partial charge in [0, 0.05) is 31.4 Å². The SMILES string of the molecule is CC1CN(C(=O)Nc2cnn3ccc(N4CCCC4c4cc(F)ccc4F)nc23)C1. The van der Waals surface area contributed by atoms with Crippen molar-refractivity contribution in [3.8, 4) is 0 Å². The zero-order valence-corrected chi connectivity index (χ0v) is 16.6. The number of fused-ring (bicyclic) bond motifs is 1. The Hall–Kier alpha value is -3.23. The number of rotatable bonds is 3. The van der Waals surface area contributed by atoms with Crippen LogP contribution in [0.3, 0.4) is 0 Å². The maximum absolute atomic E-state index is 14.4. The first kappa shape index (κ1) is 18.8. The summed E-state index contributed by atoms with van der Waals surface area (Å²) in [5.41, 5.74) is 1.37. The van der Waals surface area contributed by atoms with E-state index in [-0.39, 0.29) is 12.1 Å². The van der Waals surface area contributed by atoms with Gasteiger partial charge in [0.15, 0.2) is 5.65 Å². The quantitative estimate of drug-likeness (QED) is 0.710. The molecule has 2 aliphatic heterocycles. The highest BCUT2D eigenvalue weighted by Crippen LogP contribution is 2.37. The molecular weight excluding hydrogens is 390 g/mol. The molecule has 2 fully saturated rings. The van der Waals surface area contributed by atoms with E-state index in [9.17, 15) is 13.6 Å². The van der Waals surface area contributed by atoms with Gasteiger partial charge >= 0.3 is 6.03 Å². The van der Waals surface area contributed by atoms with Crippen LogP contribution >= 0.6 is 0 Å². The number of carbonyl (C=O) groups excluding carboxylic acids is 1. The van der Waals surface area contributed by atoms with E-state index in [1.54, 1.807) is 27.9 Å². The Morgan fingerprint density at radius 3 is 2.87 bits per heavy atom. The van der Waals surface area contributed by atoms with Crippen molar-refractivity contribution in [2.24, 2.45) is 5.92 Å². The first-order chi connectivity index (χ1) is 14.5. The van der Waals surface area contributed by atoms with Crippen LogP contribution in [0.5, 0.6) is 0 Å². The van der Waals surface area contributed by atoms with Crippen LogP contribution in [-0.4, -0.2) is 45.2 Å². The molecule has 30 heavy (non-hydrogen) atoms. The van der Waals surface area contributed by atoms with Crippen molar-refractivity contribution in [2.45, 2.75) is 25.8 Å². The highest BCUT2D eigenvalue weighted by molar-refractivity contribution is 5.93. The predicted octanol–water partition coefficient (Wildman–Crippen LogP) is 3.83. The monoisotopic (exact) mass is 412 g/mol. The summed E-state index contributed by atoms with van der Waals surface area (Å²) < 4.78 is 29.7. The van der Waals surface area contributed by atoms with Crippen LogP contribution in [0.25, 0.3) is 5.65 Å². The molecule has 1 aromatic carbocycles. The fourth-order valence-electron chi connectivity index (χ4n) is 4.30. The van der Waals surface area contributed by atoms with Crippen LogP contribution in [0.15, 0.2) is 36.7 Å². The maximum Gasteiger partial charge on any atom is 0.322 e. The summed E-state index contributed by atoms with van der Waals surface area (Å²) in [6.07, 6.45) is 4.89. The second kappa shape index (κ2) is 7.23. The third-order valence-electron chi connectivity index (χ3n) is 5.81. The number of nitrogens with zero attached hydrogens (tertiary/aromatic N) is 5. The number of anilines is 2. The van der Waals surface area contributed by atoms with Crippen molar-refractivity contribution in [2.75, 3.05) is 29.9 Å². The molecule has 0 bridgehead atoms. The molecule has 0 spiro atoms. The smallest absolute Gasteiger partial charge is 0.322 e. The Kier molecular flexibility index (Phi) is 4.52. The van der Waals surface area contributed by atoms with Crippen LogP contribution < -0.4 is 10.2 Å². The van der Waals surface area contributed by atoms with E-state index < -0.39 is 11.6 Å². The standard InChI is InChI=1S/C21H22F2N6O/c1-13-11-27(12-13)21(30)25-17-10-24-29-8-6-19(26-20(17)29)28-7-2-3-18(28)15-9-14(22)4-5-16(15)23/h4-6,8-10,13,18H,2-3,7,11-12H2,1H3,(H,25,30). The summed E-state index contributed by atoms with van der Waals surface area (Å²) >= 11 is 0. The summed E-state index contributed by atoms with van der Waals surface area (Å²) in [4.78, 5) is 20.8. The van der Waals surface area contributed by atoms with Crippen molar-refractivity contribution >= 4 is 23.2 Å². The lowest BCUT2D eigenvalue weighted by atomic mass is 10.0. The largest absolute Gasteiger partial charge is 0.349 e. The average Bonchev–Trinajstić information content (AvgIpc) is 3.34. The lowest BCUT2D eigenvalue weighted by Crippen LogP contribution is -2.50. The fourth-order valence-corrected chi connectivity index (χ4v) is 4.30. The molecule has 2 aromatic heterocycles. The number of nitrogens with one attached hydrogen (secondary N) is 1. The zero-order valence-electron chi connectivity index (χ0n) is 16.6. The molecule has 1 N–H and O–H groups in total. The van der Waals surface area contributed by atoms with E-state index >= 15 is 0 Å². The van der Waals surface area contributed by atoms with Gasteiger partial charge in [0.1, 0.15) is 23.1 Å². The van der Waals surface area contributed by atoms with Gasteiger partial charge in [-0.3, -0.25) is 0 Å². The minimum absolute atomic E-state index is 0.170. The Morgan fingerprint density at radius 2 is 2.07 bits per heavy atom. The van der Waals surface area contributed by atoms with Gasteiger partial charge in [-0.2, -0.15) is 5.10 Å². The van der Waals surface area contributed by atoms with Crippen molar-refractivity contribution in [3.63, 3.8) is 0 Å². The van der Waals surface area contributed by atoms with Crippen LogP contribution in [-0.2, 0) is 0 Å². The molecule has 9 heteroatoms. The number of aromatic nitrogens is 3. The Balaban J connectivity index is 1.44. The van der Waals surface area contributed by atoms with Crippen LogP contribution in [0.2, 0.25) is 0 Å². The maximum atomic E-state index is 14.4. The first-order valence-electron chi connectivity index (χ1n) is 10.1. The Bertz CT molecular complexity index is 1110. The molecule has 1 unspecified atom stereocenters. The minimum Gasteiger partial charge on any atom is -0.349 e. The molecule has 5 rings (SSSR count). The molecule has 4 heterocycles. The minimum atomic E-state index is -0.456. The molecule has 2 saturated heterocycles. The first-order valence-corrected chi connectivity index (χ1v) is 10.1. The van der Waals surface area contributed by atoms with Gasteiger partial charge < -0.3 is 15.1 Å². The van der Waals surface area contributed by atoms with E-state index in [0.717, 1.165) is 25.6 Å². The second-order valence-electron chi connectivity index (χ2n) is 8.07. The van der Waals surface area contributed by atoms with Crippen LogP contribution in [0.4, 0.5) is 25.1 Å². The molecule has 2 aliphatic rings. The molecule has 3 aromatic rings. The Morgan fingerprint density at radius 1 is 1.23 bits per heavy atom. The molecule has 2 amide bonds. The topological polar surface area (TPSA) is 65.8 Å². The number of likely N-dealkylation sites (tertiary alicyclic amines) is 1. The lowest BCUT2D eigenvalue weighted by molar-refractivity contribution is 0.141. The predicted molar refractivity (Wildman–Crippen MR) is 108 cm³/mol. The molecule has 0 saturated carbocycles.